The van der Waals surface area contributed by atoms with Gasteiger partial charge in [-0.1, -0.05) is 6.07 Å². The second-order valence-electron chi connectivity index (χ2n) is 8.33. The number of pyridine rings is 2. The maximum atomic E-state index is 15.3. The van der Waals surface area contributed by atoms with Crippen LogP contribution < -0.4 is 26.6 Å². The Bertz CT molecular complexity index is 1250. The van der Waals surface area contributed by atoms with Crippen LogP contribution in [0.3, 0.4) is 0 Å². The molecule has 4 heterocycles. The predicted octanol–water partition coefficient (Wildman–Crippen LogP) is 1.93. The molecule has 31 heavy (non-hydrogen) atoms. The maximum Gasteiger partial charge on any atom is 0.333 e. The second-order valence-corrected chi connectivity index (χ2v) is 8.33. The van der Waals surface area contributed by atoms with Crippen LogP contribution in [-0.2, 0) is 0 Å². The van der Waals surface area contributed by atoms with Gasteiger partial charge in [0.05, 0.1) is 13.3 Å². The number of aromatic nitrogens is 3. The van der Waals surface area contributed by atoms with Gasteiger partial charge < -0.3 is 15.4 Å². The van der Waals surface area contributed by atoms with E-state index in [0.29, 0.717) is 24.2 Å². The summed E-state index contributed by atoms with van der Waals surface area (Å²) >= 11 is 0. The summed E-state index contributed by atoms with van der Waals surface area (Å²) in [6, 6.07) is 3.57. The molecule has 162 valence electrons. The Labute approximate surface area is 177 Å². The van der Waals surface area contributed by atoms with E-state index in [1.54, 1.807) is 12.4 Å². The normalized spacial score (nSPS) is 19.7. The number of nitrogens with one attached hydrogen (secondary N) is 1. The molecular weight excluding hydrogens is 401 g/mol. The van der Waals surface area contributed by atoms with Crippen molar-refractivity contribution in [1.82, 2.24) is 14.4 Å². The van der Waals surface area contributed by atoms with Crippen LogP contribution in [0.25, 0.3) is 5.52 Å². The highest BCUT2D eigenvalue weighted by atomic mass is 19.1. The summed E-state index contributed by atoms with van der Waals surface area (Å²) in [6.45, 7) is 1.12. The number of hydrogen-bond donors (Lipinski definition) is 2. The van der Waals surface area contributed by atoms with E-state index in [4.69, 9.17) is 10.5 Å². The third-order valence-corrected chi connectivity index (χ3v) is 6.39. The van der Waals surface area contributed by atoms with Crippen LogP contribution in [0.4, 0.5) is 10.1 Å². The average molecular weight is 425 g/mol. The van der Waals surface area contributed by atoms with E-state index < -0.39 is 17.1 Å². The minimum Gasteiger partial charge on any atom is -0.492 e. The van der Waals surface area contributed by atoms with Crippen molar-refractivity contribution in [1.29, 1.82) is 0 Å². The lowest BCUT2D eigenvalue weighted by molar-refractivity contribution is 0.412. The summed E-state index contributed by atoms with van der Waals surface area (Å²) in [6.07, 6.45) is 7.10. The highest BCUT2D eigenvalue weighted by Gasteiger charge is 2.35. The first-order valence-electron chi connectivity index (χ1n) is 10.4. The molecule has 3 aromatic rings. The SMILES string of the molecule is COc1c(N2CCC(C(N)c3cccnc3)C2)c(F)cn2c(=O)[nH]c(=O)c(C3CC3)c12. The summed E-state index contributed by atoms with van der Waals surface area (Å²) < 4.78 is 22.1. The van der Waals surface area contributed by atoms with Crippen LogP contribution in [0.1, 0.15) is 42.3 Å². The van der Waals surface area contributed by atoms with Gasteiger partial charge in [0.15, 0.2) is 11.6 Å². The molecule has 0 aromatic carbocycles. The van der Waals surface area contributed by atoms with Crippen LogP contribution in [0, 0.1) is 11.7 Å². The van der Waals surface area contributed by atoms with Crippen molar-refractivity contribution in [2.24, 2.45) is 11.7 Å². The average Bonchev–Trinajstić information content (AvgIpc) is 3.49. The number of H-pyrrole nitrogens is 1. The molecule has 0 spiro atoms. The fraction of sp³-hybridized carbons (Fsp3) is 0.409. The number of ether oxygens (including phenoxy) is 1. The molecule has 1 saturated heterocycles. The monoisotopic (exact) mass is 425 g/mol. The Morgan fingerprint density at radius 2 is 2.13 bits per heavy atom. The maximum absolute atomic E-state index is 15.3. The van der Waals surface area contributed by atoms with Gasteiger partial charge in [0.25, 0.3) is 5.56 Å². The molecular formula is C22H24FN5O3. The van der Waals surface area contributed by atoms with E-state index in [1.807, 2.05) is 17.0 Å². The molecule has 8 nitrogen and oxygen atoms in total. The van der Waals surface area contributed by atoms with Gasteiger partial charge in [-0.15, -0.1) is 0 Å². The molecule has 2 atom stereocenters. The van der Waals surface area contributed by atoms with Crippen LogP contribution in [0.2, 0.25) is 0 Å². The molecule has 1 aliphatic carbocycles. The van der Waals surface area contributed by atoms with Gasteiger partial charge in [-0.3, -0.25) is 19.2 Å². The fourth-order valence-corrected chi connectivity index (χ4v) is 4.68. The Balaban J connectivity index is 1.59. The highest BCUT2D eigenvalue weighted by molar-refractivity contribution is 5.78. The minimum atomic E-state index is -0.675. The number of rotatable bonds is 5. The van der Waals surface area contributed by atoms with E-state index in [2.05, 4.69) is 9.97 Å². The highest BCUT2D eigenvalue weighted by Crippen LogP contribution is 2.45. The smallest absolute Gasteiger partial charge is 0.333 e. The van der Waals surface area contributed by atoms with Crippen molar-refractivity contribution >= 4 is 11.2 Å². The lowest BCUT2D eigenvalue weighted by atomic mass is 9.94. The Hall–Kier alpha value is -3.20. The van der Waals surface area contributed by atoms with Crippen molar-refractivity contribution in [3.63, 3.8) is 0 Å². The molecule has 1 saturated carbocycles. The third-order valence-electron chi connectivity index (χ3n) is 6.39. The Kier molecular flexibility index (Phi) is 4.77. The largest absolute Gasteiger partial charge is 0.492 e. The van der Waals surface area contributed by atoms with Gasteiger partial charge >= 0.3 is 5.69 Å². The van der Waals surface area contributed by atoms with Crippen molar-refractivity contribution < 1.29 is 9.13 Å². The van der Waals surface area contributed by atoms with Crippen molar-refractivity contribution in [2.75, 3.05) is 25.1 Å². The van der Waals surface area contributed by atoms with E-state index in [1.165, 1.54) is 7.11 Å². The third kappa shape index (κ3) is 3.29. The fourth-order valence-electron chi connectivity index (χ4n) is 4.68. The minimum absolute atomic E-state index is 0.0527. The van der Waals surface area contributed by atoms with E-state index in [0.717, 1.165) is 35.4 Å². The van der Waals surface area contributed by atoms with Crippen LogP contribution in [-0.4, -0.2) is 34.6 Å². The number of hydrogen-bond acceptors (Lipinski definition) is 6. The number of anilines is 1. The molecule has 1 aliphatic heterocycles. The molecule has 3 aromatic heterocycles. The number of nitrogens with two attached hydrogens (primary N) is 1. The molecule has 0 amide bonds. The van der Waals surface area contributed by atoms with Gasteiger partial charge in [0.2, 0.25) is 0 Å². The van der Waals surface area contributed by atoms with Crippen molar-refractivity contribution in [2.45, 2.75) is 31.2 Å². The molecule has 2 fully saturated rings. The molecule has 2 aliphatic rings. The van der Waals surface area contributed by atoms with Crippen LogP contribution >= 0.6 is 0 Å². The molecule has 0 bridgehead atoms. The van der Waals surface area contributed by atoms with E-state index >= 15 is 4.39 Å². The zero-order chi connectivity index (χ0) is 21.7. The van der Waals surface area contributed by atoms with Gasteiger partial charge in [-0.2, -0.15) is 0 Å². The van der Waals surface area contributed by atoms with Crippen molar-refractivity contribution in [3.8, 4) is 5.75 Å². The van der Waals surface area contributed by atoms with Gasteiger partial charge in [-0.05, 0) is 42.7 Å². The number of fused-ring (bicyclic) bond motifs is 1. The lowest BCUT2D eigenvalue weighted by Crippen LogP contribution is -2.31. The van der Waals surface area contributed by atoms with E-state index in [9.17, 15) is 9.59 Å². The summed E-state index contributed by atoms with van der Waals surface area (Å²) in [5, 5.41) is 0. The first-order valence-corrected chi connectivity index (χ1v) is 10.4. The summed E-state index contributed by atoms with van der Waals surface area (Å²) in [5.41, 5.74) is 7.42. The quantitative estimate of drug-likeness (QED) is 0.647. The summed E-state index contributed by atoms with van der Waals surface area (Å²) in [5.74, 6) is -0.192. The van der Waals surface area contributed by atoms with Gasteiger partial charge in [0, 0.05) is 37.1 Å². The molecule has 5 rings (SSSR count). The lowest BCUT2D eigenvalue weighted by Gasteiger charge is -2.25. The van der Waals surface area contributed by atoms with Crippen LogP contribution in [0.5, 0.6) is 5.75 Å². The number of nitrogens with zero attached hydrogens (tertiary/aromatic N) is 3. The summed E-state index contributed by atoms with van der Waals surface area (Å²) in [4.78, 5) is 33.3. The first kappa shape index (κ1) is 19.7. The number of halogens is 1. The second kappa shape index (κ2) is 7.49. The standard InChI is InChI=1S/C22H24FN5O3/c1-31-20-18(27-8-6-14(10-27)17(24)13-3-2-7-25-9-13)15(23)11-28-19(20)16(12-4-5-12)21(29)26-22(28)30/h2-3,7,9,11-12,14,17H,4-6,8,10,24H2,1H3,(H,26,29,30). The summed E-state index contributed by atoms with van der Waals surface area (Å²) in [7, 11) is 1.44. The molecule has 3 N–H and O–H groups in total. The first-order chi connectivity index (χ1) is 15.0. The molecule has 0 radical (unpaired) electrons. The Morgan fingerprint density at radius 1 is 1.32 bits per heavy atom. The number of methoxy groups -OCH3 is 1. The van der Waals surface area contributed by atoms with Crippen molar-refractivity contribution in [3.05, 3.63) is 68.5 Å². The zero-order valence-electron chi connectivity index (χ0n) is 17.2. The molecule has 2 unspecified atom stereocenters. The predicted molar refractivity (Wildman–Crippen MR) is 114 cm³/mol. The van der Waals surface area contributed by atoms with E-state index in [-0.39, 0.29) is 29.3 Å². The number of aromatic amines is 1. The topological polar surface area (TPSA) is 106 Å². The Morgan fingerprint density at radius 3 is 2.81 bits per heavy atom. The molecule has 9 heteroatoms. The van der Waals surface area contributed by atoms with Crippen LogP contribution in [0.15, 0.2) is 40.3 Å². The zero-order valence-corrected chi connectivity index (χ0v) is 17.2. The van der Waals surface area contributed by atoms with Gasteiger partial charge in [-0.25, -0.2) is 9.18 Å². The van der Waals surface area contributed by atoms with Gasteiger partial charge in [0.1, 0.15) is 11.2 Å².